The van der Waals surface area contributed by atoms with Crippen LogP contribution in [0.1, 0.15) is 24.2 Å². The molecule has 0 bridgehead atoms. The van der Waals surface area contributed by atoms with Gasteiger partial charge in [-0.25, -0.2) is 9.78 Å². The minimum absolute atomic E-state index is 0.337. The molecule has 0 saturated carbocycles. The Morgan fingerprint density at radius 1 is 1.50 bits per heavy atom. The molecule has 0 amide bonds. The molecule has 2 aromatic rings. The zero-order chi connectivity index (χ0) is 12.0. The molecule has 0 unspecified atom stereocenters. The van der Waals surface area contributed by atoms with E-state index >= 15 is 0 Å². The predicted octanol–water partition coefficient (Wildman–Crippen LogP) is 3.22. The van der Waals surface area contributed by atoms with E-state index in [1.807, 2.05) is 13.8 Å². The van der Waals surface area contributed by atoms with Gasteiger partial charge in [-0.3, -0.25) is 0 Å². The largest absolute Gasteiger partial charge is 0.465 e. The van der Waals surface area contributed by atoms with E-state index in [-0.39, 0.29) is 5.97 Å². The third-order valence-electron chi connectivity index (χ3n) is 1.71. The maximum atomic E-state index is 11.1. The van der Waals surface area contributed by atoms with Crippen LogP contribution in [-0.4, -0.2) is 18.1 Å². The van der Waals surface area contributed by atoms with E-state index in [0.29, 0.717) is 5.56 Å². The monoisotopic (exact) mass is 239 g/mol. The number of aromatic nitrogens is 1. The standard InChI is InChI=1S/C9H7NO3S.C2H6/c1-12-9(11)6-2-8(14-4-6)7-3-13-5-10-7;1-2/h2-5H,1H3;1-2H3. The van der Waals surface area contributed by atoms with Gasteiger partial charge in [-0.1, -0.05) is 13.8 Å². The van der Waals surface area contributed by atoms with Crippen LogP contribution in [0.5, 0.6) is 0 Å². The second-order valence-electron chi connectivity index (χ2n) is 2.56. The summed E-state index contributed by atoms with van der Waals surface area (Å²) in [5.41, 5.74) is 1.26. The van der Waals surface area contributed by atoms with Crippen molar-refractivity contribution in [1.82, 2.24) is 4.98 Å². The Kier molecular flexibility index (Phi) is 4.72. The van der Waals surface area contributed by atoms with Crippen LogP contribution < -0.4 is 0 Å². The molecule has 0 radical (unpaired) electrons. The molecule has 0 aliphatic rings. The summed E-state index contributed by atoms with van der Waals surface area (Å²) in [6, 6.07) is 1.73. The van der Waals surface area contributed by atoms with Crippen molar-refractivity contribution in [3.63, 3.8) is 0 Å². The van der Waals surface area contributed by atoms with Gasteiger partial charge in [0, 0.05) is 5.38 Å². The van der Waals surface area contributed by atoms with Crippen molar-refractivity contribution in [2.45, 2.75) is 13.8 Å². The first kappa shape index (κ1) is 12.4. The highest BCUT2D eigenvalue weighted by Crippen LogP contribution is 2.25. The smallest absolute Gasteiger partial charge is 0.338 e. The Morgan fingerprint density at radius 2 is 2.25 bits per heavy atom. The van der Waals surface area contributed by atoms with Gasteiger partial charge in [-0.15, -0.1) is 11.3 Å². The lowest BCUT2D eigenvalue weighted by Crippen LogP contribution is -1.97. The highest BCUT2D eigenvalue weighted by molar-refractivity contribution is 7.13. The van der Waals surface area contributed by atoms with E-state index in [0.717, 1.165) is 10.6 Å². The summed E-state index contributed by atoms with van der Waals surface area (Å²) in [5, 5.41) is 1.73. The maximum Gasteiger partial charge on any atom is 0.338 e. The van der Waals surface area contributed by atoms with Crippen molar-refractivity contribution in [2.75, 3.05) is 7.11 Å². The van der Waals surface area contributed by atoms with Gasteiger partial charge < -0.3 is 9.15 Å². The Balaban J connectivity index is 0.000000606. The number of hydrogen-bond donors (Lipinski definition) is 0. The van der Waals surface area contributed by atoms with Gasteiger partial charge in [0.25, 0.3) is 0 Å². The van der Waals surface area contributed by atoms with Crippen molar-refractivity contribution < 1.29 is 13.9 Å². The number of carbonyl (C=O) groups is 1. The molecule has 0 aromatic carbocycles. The van der Waals surface area contributed by atoms with Crippen molar-refractivity contribution in [3.8, 4) is 10.6 Å². The topological polar surface area (TPSA) is 52.3 Å². The van der Waals surface area contributed by atoms with Crippen LogP contribution in [0.2, 0.25) is 0 Å². The van der Waals surface area contributed by atoms with Crippen molar-refractivity contribution in [3.05, 3.63) is 29.7 Å². The molecule has 0 aliphatic heterocycles. The zero-order valence-electron chi connectivity index (χ0n) is 9.39. The molecule has 5 heteroatoms. The zero-order valence-corrected chi connectivity index (χ0v) is 10.2. The normalized spacial score (nSPS) is 9.19. The summed E-state index contributed by atoms with van der Waals surface area (Å²) in [5.74, 6) is -0.337. The molecule has 86 valence electrons. The molecule has 2 rings (SSSR count). The second kappa shape index (κ2) is 6.07. The number of ether oxygens (including phenoxy) is 1. The summed E-state index contributed by atoms with van der Waals surface area (Å²) < 4.78 is 9.44. The molecular formula is C11H13NO3S. The van der Waals surface area contributed by atoms with Crippen LogP contribution in [-0.2, 0) is 4.74 Å². The third kappa shape index (κ3) is 2.70. The molecule has 2 heterocycles. The number of rotatable bonds is 2. The van der Waals surface area contributed by atoms with Crippen LogP contribution in [0.4, 0.5) is 0 Å². The first-order valence-electron chi connectivity index (χ1n) is 4.86. The molecule has 0 N–H and O–H groups in total. The number of carbonyl (C=O) groups excluding carboxylic acids is 1. The van der Waals surface area contributed by atoms with Crippen LogP contribution in [0.25, 0.3) is 10.6 Å². The van der Waals surface area contributed by atoms with Gasteiger partial charge in [-0.05, 0) is 6.07 Å². The fourth-order valence-corrected chi connectivity index (χ4v) is 1.86. The Morgan fingerprint density at radius 3 is 2.81 bits per heavy atom. The van der Waals surface area contributed by atoms with E-state index in [2.05, 4.69) is 9.72 Å². The van der Waals surface area contributed by atoms with E-state index in [4.69, 9.17) is 4.42 Å². The van der Waals surface area contributed by atoms with Gasteiger partial charge >= 0.3 is 5.97 Å². The van der Waals surface area contributed by atoms with Gasteiger partial charge in [-0.2, -0.15) is 0 Å². The molecule has 0 atom stereocenters. The van der Waals surface area contributed by atoms with Crippen LogP contribution in [0.15, 0.2) is 28.5 Å². The SMILES string of the molecule is CC.COC(=O)c1csc(-c2cocn2)c1. The summed E-state index contributed by atoms with van der Waals surface area (Å²) in [6.07, 6.45) is 2.89. The van der Waals surface area contributed by atoms with Crippen molar-refractivity contribution in [1.29, 1.82) is 0 Å². The van der Waals surface area contributed by atoms with Gasteiger partial charge in [0.1, 0.15) is 12.0 Å². The Hall–Kier alpha value is -1.62. The van der Waals surface area contributed by atoms with E-state index < -0.39 is 0 Å². The van der Waals surface area contributed by atoms with Crippen LogP contribution >= 0.6 is 11.3 Å². The average Bonchev–Trinajstić information content (AvgIpc) is 3.00. The van der Waals surface area contributed by atoms with E-state index in [1.165, 1.54) is 31.1 Å². The summed E-state index contributed by atoms with van der Waals surface area (Å²) in [6.45, 7) is 4.00. The third-order valence-corrected chi connectivity index (χ3v) is 2.66. The fraction of sp³-hybridized carbons (Fsp3) is 0.273. The maximum absolute atomic E-state index is 11.1. The van der Waals surface area contributed by atoms with Gasteiger partial charge in [0.05, 0.1) is 17.6 Å². The number of oxazole rings is 1. The number of methoxy groups -OCH3 is 1. The number of thiophene rings is 1. The van der Waals surface area contributed by atoms with Gasteiger partial charge in [0.2, 0.25) is 0 Å². The van der Waals surface area contributed by atoms with E-state index in [1.54, 1.807) is 11.4 Å². The van der Waals surface area contributed by atoms with E-state index in [9.17, 15) is 4.79 Å². The lowest BCUT2D eigenvalue weighted by molar-refractivity contribution is 0.0601. The molecule has 16 heavy (non-hydrogen) atoms. The quantitative estimate of drug-likeness (QED) is 0.755. The molecular weight excluding hydrogens is 226 g/mol. The predicted molar refractivity (Wildman–Crippen MR) is 62.5 cm³/mol. The summed E-state index contributed by atoms with van der Waals surface area (Å²) >= 11 is 1.43. The number of hydrogen-bond acceptors (Lipinski definition) is 5. The van der Waals surface area contributed by atoms with Crippen molar-refractivity contribution in [2.24, 2.45) is 0 Å². The fourth-order valence-electron chi connectivity index (χ4n) is 1.03. The Bertz CT molecular complexity index is 434. The number of nitrogens with zero attached hydrogens (tertiary/aromatic N) is 1. The highest BCUT2D eigenvalue weighted by atomic mass is 32.1. The molecule has 0 saturated heterocycles. The second-order valence-corrected chi connectivity index (χ2v) is 3.48. The van der Waals surface area contributed by atoms with Crippen molar-refractivity contribution >= 4 is 17.3 Å². The lowest BCUT2D eigenvalue weighted by Gasteiger charge is -1.91. The summed E-state index contributed by atoms with van der Waals surface area (Å²) in [4.78, 5) is 16.0. The first-order valence-corrected chi connectivity index (χ1v) is 5.74. The summed E-state index contributed by atoms with van der Waals surface area (Å²) in [7, 11) is 1.36. The number of esters is 1. The van der Waals surface area contributed by atoms with Crippen LogP contribution in [0, 0.1) is 0 Å². The average molecular weight is 239 g/mol. The van der Waals surface area contributed by atoms with Crippen LogP contribution in [0.3, 0.4) is 0 Å². The molecule has 0 fully saturated rings. The Labute approximate surface area is 97.9 Å². The highest BCUT2D eigenvalue weighted by Gasteiger charge is 2.10. The minimum atomic E-state index is -0.337. The first-order chi connectivity index (χ1) is 7.81. The molecule has 4 nitrogen and oxygen atoms in total. The lowest BCUT2D eigenvalue weighted by atomic mass is 10.3. The molecule has 0 aliphatic carbocycles. The van der Waals surface area contributed by atoms with Gasteiger partial charge in [0.15, 0.2) is 6.39 Å². The molecule has 0 spiro atoms. The molecule has 2 aromatic heterocycles. The minimum Gasteiger partial charge on any atom is -0.465 e.